The predicted octanol–water partition coefficient (Wildman–Crippen LogP) is 4.38. The molecule has 1 aromatic heterocycles. The standard InChI is InChI=1S/C20H28ClN3O2/c1-5-18-17(21)13-23-20(24-18)22-10-12-26-19-8-7-16(9-11-25-6-2)14(3)15(19)4/h7-8,13H,5-6,9-12H2,1-4H3,(H,22,23,24). The minimum absolute atomic E-state index is 0.534. The number of aromatic nitrogens is 2. The van der Waals surface area contributed by atoms with Crippen LogP contribution < -0.4 is 10.1 Å². The molecule has 26 heavy (non-hydrogen) atoms. The van der Waals surface area contributed by atoms with Crippen molar-refractivity contribution in [2.45, 2.75) is 40.5 Å². The summed E-state index contributed by atoms with van der Waals surface area (Å²) < 4.78 is 11.4. The van der Waals surface area contributed by atoms with Gasteiger partial charge >= 0.3 is 0 Å². The van der Waals surface area contributed by atoms with Crippen LogP contribution in [0.2, 0.25) is 5.02 Å². The zero-order chi connectivity index (χ0) is 18.9. The van der Waals surface area contributed by atoms with Gasteiger partial charge in [-0.05, 0) is 56.4 Å². The first kappa shape index (κ1) is 20.5. The molecular formula is C20H28ClN3O2. The molecule has 0 aliphatic carbocycles. The van der Waals surface area contributed by atoms with Crippen molar-refractivity contribution in [1.82, 2.24) is 9.97 Å². The number of benzene rings is 1. The first-order valence-corrected chi connectivity index (χ1v) is 9.49. The molecule has 2 aromatic rings. The Morgan fingerprint density at radius 1 is 1.12 bits per heavy atom. The first-order chi connectivity index (χ1) is 12.6. The van der Waals surface area contributed by atoms with Crippen LogP contribution in [0.5, 0.6) is 5.75 Å². The highest BCUT2D eigenvalue weighted by Gasteiger charge is 2.08. The maximum atomic E-state index is 6.04. The van der Waals surface area contributed by atoms with Crippen LogP contribution >= 0.6 is 11.6 Å². The molecule has 0 fully saturated rings. The van der Waals surface area contributed by atoms with Crippen LogP contribution in [0.15, 0.2) is 18.3 Å². The number of anilines is 1. The Morgan fingerprint density at radius 3 is 2.65 bits per heavy atom. The lowest BCUT2D eigenvalue weighted by Gasteiger charge is -2.15. The molecule has 0 unspecified atom stereocenters. The molecule has 142 valence electrons. The summed E-state index contributed by atoms with van der Waals surface area (Å²) in [6.45, 7) is 10.9. The van der Waals surface area contributed by atoms with E-state index in [-0.39, 0.29) is 0 Å². The predicted molar refractivity (Wildman–Crippen MR) is 107 cm³/mol. The normalized spacial score (nSPS) is 10.8. The number of hydrogen-bond donors (Lipinski definition) is 1. The minimum atomic E-state index is 0.534. The van der Waals surface area contributed by atoms with Crippen molar-refractivity contribution < 1.29 is 9.47 Å². The highest BCUT2D eigenvalue weighted by molar-refractivity contribution is 6.31. The quantitative estimate of drug-likeness (QED) is 0.622. The summed E-state index contributed by atoms with van der Waals surface area (Å²) in [5, 5.41) is 3.78. The van der Waals surface area contributed by atoms with Crippen LogP contribution in [0, 0.1) is 13.8 Å². The molecule has 1 heterocycles. The second-order valence-corrected chi connectivity index (χ2v) is 6.44. The molecule has 0 aliphatic heterocycles. The number of halogens is 1. The lowest BCUT2D eigenvalue weighted by Crippen LogP contribution is -2.14. The molecule has 0 spiro atoms. The minimum Gasteiger partial charge on any atom is -0.491 e. The lowest BCUT2D eigenvalue weighted by atomic mass is 10.0. The van der Waals surface area contributed by atoms with E-state index in [1.807, 2.05) is 19.9 Å². The molecule has 6 heteroatoms. The third-order valence-corrected chi connectivity index (χ3v) is 4.68. The van der Waals surface area contributed by atoms with Crippen LogP contribution in [-0.4, -0.2) is 36.3 Å². The van der Waals surface area contributed by atoms with Crippen LogP contribution in [0.4, 0.5) is 5.95 Å². The van der Waals surface area contributed by atoms with Crippen molar-refractivity contribution in [3.8, 4) is 5.75 Å². The summed E-state index contributed by atoms with van der Waals surface area (Å²) in [4.78, 5) is 8.58. The lowest BCUT2D eigenvalue weighted by molar-refractivity contribution is 0.151. The van der Waals surface area contributed by atoms with Crippen molar-refractivity contribution in [2.75, 3.05) is 31.7 Å². The van der Waals surface area contributed by atoms with Gasteiger partial charge in [0.1, 0.15) is 12.4 Å². The van der Waals surface area contributed by atoms with Gasteiger partial charge < -0.3 is 14.8 Å². The molecule has 2 rings (SSSR count). The van der Waals surface area contributed by atoms with E-state index in [1.54, 1.807) is 6.20 Å². The van der Waals surface area contributed by atoms with Gasteiger partial charge in [-0.25, -0.2) is 9.97 Å². The van der Waals surface area contributed by atoms with Crippen molar-refractivity contribution in [1.29, 1.82) is 0 Å². The number of ether oxygens (including phenoxy) is 2. The average molecular weight is 378 g/mol. The summed E-state index contributed by atoms with van der Waals surface area (Å²) in [7, 11) is 0. The molecule has 0 saturated heterocycles. The molecular weight excluding hydrogens is 350 g/mol. The topological polar surface area (TPSA) is 56.3 Å². The molecule has 1 aromatic carbocycles. The summed E-state index contributed by atoms with van der Waals surface area (Å²) in [6, 6.07) is 4.16. The Kier molecular flexibility index (Phi) is 8.13. The SMILES string of the molecule is CCOCCc1ccc(OCCNc2ncc(Cl)c(CC)n2)c(C)c1C. The van der Waals surface area contributed by atoms with E-state index in [4.69, 9.17) is 21.1 Å². The fourth-order valence-electron chi connectivity index (χ4n) is 2.66. The van der Waals surface area contributed by atoms with Gasteiger partial charge in [-0.3, -0.25) is 0 Å². The molecule has 5 nitrogen and oxygen atoms in total. The number of nitrogens with one attached hydrogen (secondary N) is 1. The van der Waals surface area contributed by atoms with Gasteiger partial charge in [-0.1, -0.05) is 24.6 Å². The van der Waals surface area contributed by atoms with E-state index < -0.39 is 0 Å². The van der Waals surface area contributed by atoms with Gasteiger partial charge in [0.15, 0.2) is 0 Å². The molecule has 0 aliphatic rings. The second-order valence-electron chi connectivity index (χ2n) is 6.04. The smallest absolute Gasteiger partial charge is 0.223 e. The van der Waals surface area contributed by atoms with Crippen molar-refractivity contribution in [3.63, 3.8) is 0 Å². The monoisotopic (exact) mass is 377 g/mol. The van der Waals surface area contributed by atoms with E-state index >= 15 is 0 Å². The van der Waals surface area contributed by atoms with E-state index in [2.05, 4.69) is 35.2 Å². The summed E-state index contributed by atoms with van der Waals surface area (Å²) in [6.07, 6.45) is 3.34. The fourth-order valence-corrected chi connectivity index (χ4v) is 2.89. The van der Waals surface area contributed by atoms with Crippen molar-refractivity contribution in [2.24, 2.45) is 0 Å². The molecule has 0 atom stereocenters. The largest absolute Gasteiger partial charge is 0.491 e. The Bertz CT molecular complexity index is 722. The van der Waals surface area contributed by atoms with Crippen molar-refractivity contribution in [3.05, 3.63) is 45.7 Å². The van der Waals surface area contributed by atoms with Gasteiger partial charge in [0, 0.05) is 6.61 Å². The van der Waals surface area contributed by atoms with Gasteiger partial charge in [-0.15, -0.1) is 0 Å². The van der Waals surface area contributed by atoms with Crippen LogP contribution in [-0.2, 0) is 17.6 Å². The Morgan fingerprint density at radius 2 is 1.92 bits per heavy atom. The second kappa shape index (κ2) is 10.3. The van der Waals surface area contributed by atoms with Crippen LogP contribution in [0.1, 0.15) is 36.2 Å². The van der Waals surface area contributed by atoms with Crippen molar-refractivity contribution >= 4 is 17.5 Å². The maximum absolute atomic E-state index is 6.04. The Labute approximate surface area is 161 Å². The number of nitrogens with zero attached hydrogens (tertiary/aromatic N) is 2. The first-order valence-electron chi connectivity index (χ1n) is 9.11. The van der Waals surface area contributed by atoms with Gasteiger partial charge in [0.2, 0.25) is 5.95 Å². The van der Waals surface area contributed by atoms with Crippen LogP contribution in [0.25, 0.3) is 0 Å². The van der Waals surface area contributed by atoms with E-state index in [0.29, 0.717) is 24.1 Å². The maximum Gasteiger partial charge on any atom is 0.223 e. The number of aryl methyl sites for hydroxylation is 1. The van der Waals surface area contributed by atoms with Gasteiger partial charge in [0.05, 0.1) is 30.1 Å². The molecule has 0 amide bonds. The Balaban J connectivity index is 1.86. The fraction of sp³-hybridized carbons (Fsp3) is 0.500. The van der Waals surface area contributed by atoms with Gasteiger partial charge in [0.25, 0.3) is 0 Å². The van der Waals surface area contributed by atoms with E-state index in [9.17, 15) is 0 Å². The summed E-state index contributed by atoms with van der Waals surface area (Å²) >= 11 is 6.04. The highest BCUT2D eigenvalue weighted by Crippen LogP contribution is 2.24. The van der Waals surface area contributed by atoms with Crippen LogP contribution in [0.3, 0.4) is 0 Å². The average Bonchev–Trinajstić information content (AvgIpc) is 2.65. The summed E-state index contributed by atoms with van der Waals surface area (Å²) in [5.74, 6) is 1.49. The molecule has 0 bridgehead atoms. The number of rotatable bonds is 10. The van der Waals surface area contributed by atoms with E-state index in [1.165, 1.54) is 16.7 Å². The highest BCUT2D eigenvalue weighted by atomic mass is 35.5. The molecule has 1 N–H and O–H groups in total. The third-order valence-electron chi connectivity index (χ3n) is 4.36. The molecule has 0 radical (unpaired) electrons. The zero-order valence-corrected chi connectivity index (χ0v) is 16.8. The van der Waals surface area contributed by atoms with Gasteiger partial charge in [-0.2, -0.15) is 0 Å². The van der Waals surface area contributed by atoms with E-state index in [0.717, 1.165) is 37.5 Å². The number of hydrogen-bond acceptors (Lipinski definition) is 5. The Hall–Kier alpha value is -1.85. The molecule has 0 saturated carbocycles. The zero-order valence-electron chi connectivity index (χ0n) is 16.1. The summed E-state index contributed by atoms with van der Waals surface area (Å²) in [5.41, 5.74) is 4.60. The third kappa shape index (κ3) is 5.58.